The van der Waals surface area contributed by atoms with E-state index in [1.807, 2.05) is 78.9 Å². The molecule has 2 atom stereocenters. The van der Waals surface area contributed by atoms with Crippen LogP contribution in [0.2, 0.25) is 10.0 Å². The third-order valence-electron chi connectivity index (χ3n) is 5.82. The third kappa shape index (κ3) is 5.16. The van der Waals surface area contributed by atoms with E-state index in [0.717, 1.165) is 21.9 Å². The monoisotopic (exact) mass is 483 g/mol. The third-order valence-corrected chi connectivity index (χ3v) is 7.75. The minimum atomic E-state index is -3.68. The standard InChI is InChI=1S/C26H23Cl2NO2S/c1-18(19-6-11-23(27)12-7-19)26(21-8-13-24(28)14-9-21)17-29-32(30,31)25-15-10-20-4-2-3-5-22(20)16-25/h2-16,18,26,29H,17H2,1H3. The number of fused-ring (bicyclic) bond motifs is 1. The zero-order chi connectivity index (χ0) is 22.7. The maximum absolute atomic E-state index is 13.1. The molecule has 0 aliphatic rings. The lowest BCUT2D eigenvalue weighted by atomic mass is 9.83. The molecular formula is C26H23Cl2NO2S. The Morgan fingerprint density at radius 1 is 0.750 bits per heavy atom. The summed E-state index contributed by atoms with van der Waals surface area (Å²) >= 11 is 12.1. The first-order valence-corrected chi connectivity index (χ1v) is 12.6. The van der Waals surface area contributed by atoms with Crippen molar-refractivity contribution in [3.63, 3.8) is 0 Å². The van der Waals surface area contributed by atoms with Crippen LogP contribution in [0.15, 0.2) is 95.9 Å². The van der Waals surface area contributed by atoms with Crippen molar-refractivity contribution in [3.05, 3.63) is 112 Å². The molecule has 0 fully saturated rings. The van der Waals surface area contributed by atoms with Crippen LogP contribution in [0.25, 0.3) is 10.8 Å². The first-order chi connectivity index (χ1) is 15.3. The van der Waals surface area contributed by atoms with Gasteiger partial charge in [0.15, 0.2) is 0 Å². The van der Waals surface area contributed by atoms with Gasteiger partial charge in [-0.1, -0.05) is 84.7 Å². The van der Waals surface area contributed by atoms with Gasteiger partial charge in [0.2, 0.25) is 10.0 Å². The highest BCUT2D eigenvalue weighted by molar-refractivity contribution is 7.89. The van der Waals surface area contributed by atoms with E-state index in [4.69, 9.17) is 23.2 Å². The first kappa shape index (κ1) is 22.8. The highest BCUT2D eigenvalue weighted by Crippen LogP contribution is 2.34. The zero-order valence-electron chi connectivity index (χ0n) is 17.5. The molecule has 6 heteroatoms. The van der Waals surface area contributed by atoms with Crippen LogP contribution in [0.4, 0.5) is 0 Å². The number of hydrogen-bond acceptors (Lipinski definition) is 2. The van der Waals surface area contributed by atoms with E-state index >= 15 is 0 Å². The van der Waals surface area contributed by atoms with Crippen molar-refractivity contribution in [2.75, 3.05) is 6.54 Å². The predicted octanol–water partition coefficient (Wildman–Crippen LogP) is 7.01. The topological polar surface area (TPSA) is 46.2 Å². The highest BCUT2D eigenvalue weighted by atomic mass is 35.5. The van der Waals surface area contributed by atoms with Gasteiger partial charge in [-0.05, 0) is 64.2 Å². The molecule has 4 aromatic rings. The molecule has 0 amide bonds. The molecule has 0 spiro atoms. The molecule has 0 aliphatic heterocycles. The Morgan fingerprint density at radius 2 is 1.31 bits per heavy atom. The van der Waals surface area contributed by atoms with Gasteiger partial charge in [0.1, 0.15) is 0 Å². The molecule has 0 heterocycles. The van der Waals surface area contributed by atoms with Crippen LogP contribution >= 0.6 is 23.2 Å². The Morgan fingerprint density at radius 3 is 1.94 bits per heavy atom. The summed E-state index contributed by atoms with van der Waals surface area (Å²) in [7, 11) is -3.68. The minimum absolute atomic E-state index is 0.0488. The number of hydrogen-bond donors (Lipinski definition) is 1. The fourth-order valence-corrected chi connectivity index (χ4v) is 5.26. The highest BCUT2D eigenvalue weighted by Gasteiger charge is 2.24. The lowest BCUT2D eigenvalue weighted by molar-refractivity contribution is 0.540. The van der Waals surface area contributed by atoms with Crippen molar-refractivity contribution in [1.29, 1.82) is 0 Å². The summed E-state index contributed by atoms with van der Waals surface area (Å²) in [4.78, 5) is 0.255. The number of nitrogens with one attached hydrogen (secondary N) is 1. The van der Waals surface area contributed by atoms with Crippen molar-refractivity contribution in [1.82, 2.24) is 4.72 Å². The van der Waals surface area contributed by atoms with Gasteiger partial charge in [-0.3, -0.25) is 0 Å². The van der Waals surface area contributed by atoms with Gasteiger partial charge in [0.05, 0.1) is 4.90 Å². The van der Waals surface area contributed by atoms with E-state index in [-0.39, 0.29) is 23.3 Å². The van der Waals surface area contributed by atoms with Crippen LogP contribution in [-0.2, 0) is 10.0 Å². The number of sulfonamides is 1. The fourth-order valence-electron chi connectivity index (χ4n) is 3.91. The van der Waals surface area contributed by atoms with Crippen LogP contribution < -0.4 is 4.72 Å². The lowest BCUT2D eigenvalue weighted by Crippen LogP contribution is -2.30. The van der Waals surface area contributed by atoms with Crippen LogP contribution in [0.1, 0.15) is 29.9 Å². The number of rotatable bonds is 7. The zero-order valence-corrected chi connectivity index (χ0v) is 19.8. The van der Waals surface area contributed by atoms with Crippen LogP contribution in [-0.4, -0.2) is 15.0 Å². The number of benzene rings is 4. The van der Waals surface area contributed by atoms with Crippen LogP contribution in [0.3, 0.4) is 0 Å². The Kier molecular flexibility index (Phi) is 6.87. The van der Waals surface area contributed by atoms with Gasteiger partial charge < -0.3 is 0 Å². The normalized spacial score (nSPS) is 13.7. The summed E-state index contributed by atoms with van der Waals surface area (Å²) in [6, 6.07) is 28.1. The van der Waals surface area contributed by atoms with Gasteiger partial charge in [-0.25, -0.2) is 13.1 Å². The molecule has 2 unspecified atom stereocenters. The van der Waals surface area contributed by atoms with Crippen molar-refractivity contribution < 1.29 is 8.42 Å². The summed E-state index contributed by atoms with van der Waals surface area (Å²) in [5.41, 5.74) is 2.09. The summed E-state index contributed by atoms with van der Waals surface area (Å²) in [5.74, 6) is -0.0450. The molecule has 1 N–H and O–H groups in total. The van der Waals surface area contributed by atoms with E-state index in [1.54, 1.807) is 12.1 Å². The van der Waals surface area contributed by atoms with E-state index in [2.05, 4.69) is 11.6 Å². The van der Waals surface area contributed by atoms with E-state index in [1.165, 1.54) is 0 Å². The molecule has 164 valence electrons. The molecule has 32 heavy (non-hydrogen) atoms. The summed E-state index contributed by atoms with van der Waals surface area (Å²) in [5, 5.41) is 3.20. The second kappa shape index (κ2) is 9.63. The van der Waals surface area contributed by atoms with Crippen LogP contribution in [0, 0.1) is 0 Å². The average Bonchev–Trinajstić information content (AvgIpc) is 2.80. The number of halogens is 2. The predicted molar refractivity (Wildman–Crippen MR) is 133 cm³/mol. The van der Waals surface area contributed by atoms with E-state index in [0.29, 0.717) is 10.0 Å². The van der Waals surface area contributed by atoms with Crippen molar-refractivity contribution >= 4 is 44.0 Å². The fraction of sp³-hybridized carbons (Fsp3) is 0.154. The molecule has 0 bridgehead atoms. The minimum Gasteiger partial charge on any atom is -0.211 e. The summed E-state index contributed by atoms with van der Waals surface area (Å²) < 4.78 is 29.1. The lowest BCUT2D eigenvalue weighted by Gasteiger charge is -2.25. The van der Waals surface area contributed by atoms with Gasteiger partial charge in [-0.15, -0.1) is 0 Å². The average molecular weight is 484 g/mol. The smallest absolute Gasteiger partial charge is 0.211 e. The van der Waals surface area contributed by atoms with E-state index in [9.17, 15) is 8.42 Å². The molecule has 4 rings (SSSR count). The Hall–Kier alpha value is -2.37. The van der Waals surface area contributed by atoms with Gasteiger partial charge in [0.25, 0.3) is 0 Å². The Labute approximate surface area is 199 Å². The largest absolute Gasteiger partial charge is 0.240 e. The van der Waals surface area contributed by atoms with Gasteiger partial charge >= 0.3 is 0 Å². The molecule has 0 saturated heterocycles. The van der Waals surface area contributed by atoms with Crippen LogP contribution in [0.5, 0.6) is 0 Å². The molecular weight excluding hydrogens is 461 g/mol. The van der Waals surface area contributed by atoms with Crippen molar-refractivity contribution in [3.8, 4) is 0 Å². The SMILES string of the molecule is CC(c1ccc(Cl)cc1)C(CNS(=O)(=O)c1ccc2ccccc2c1)c1ccc(Cl)cc1. The maximum atomic E-state index is 13.1. The molecule has 0 radical (unpaired) electrons. The summed E-state index contributed by atoms with van der Waals surface area (Å²) in [6.07, 6.45) is 0. The van der Waals surface area contributed by atoms with Crippen molar-refractivity contribution in [2.24, 2.45) is 0 Å². The first-order valence-electron chi connectivity index (χ1n) is 10.3. The molecule has 0 aromatic heterocycles. The van der Waals surface area contributed by atoms with Gasteiger partial charge in [0, 0.05) is 22.5 Å². The Balaban J connectivity index is 1.62. The maximum Gasteiger partial charge on any atom is 0.240 e. The quantitative estimate of drug-likeness (QED) is 0.307. The second-order valence-electron chi connectivity index (χ2n) is 7.86. The van der Waals surface area contributed by atoms with Gasteiger partial charge in [-0.2, -0.15) is 0 Å². The molecule has 4 aromatic carbocycles. The molecule has 0 saturated carbocycles. The Bertz CT molecular complexity index is 1320. The van der Waals surface area contributed by atoms with Crippen molar-refractivity contribution in [2.45, 2.75) is 23.7 Å². The molecule has 3 nitrogen and oxygen atoms in total. The van der Waals surface area contributed by atoms with E-state index < -0.39 is 10.0 Å². The second-order valence-corrected chi connectivity index (χ2v) is 10.5. The molecule has 0 aliphatic carbocycles. The summed E-state index contributed by atoms with van der Waals surface area (Å²) in [6.45, 7) is 2.34.